The molecule has 1 rings (SSSR count). The number of methoxy groups -OCH3 is 2. The summed E-state index contributed by atoms with van der Waals surface area (Å²) in [5.41, 5.74) is 1.05. The Hall–Kier alpha value is -0.910. The maximum absolute atomic E-state index is 5.06. The van der Waals surface area contributed by atoms with Crippen molar-refractivity contribution in [2.75, 3.05) is 20.8 Å². The van der Waals surface area contributed by atoms with Crippen LogP contribution in [0.4, 0.5) is 0 Å². The lowest BCUT2D eigenvalue weighted by Crippen LogP contribution is -2.31. The van der Waals surface area contributed by atoms with E-state index in [4.69, 9.17) is 9.47 Å². The van der Waals surface area contributed by atoms with Crippen LogP contribution in [0, 0.1) is 0 Å². The molecule has 0 aliphatic heterocycles. The fraction of sp³-hybridized carbons (Fsp3) is 0.667. The Labute approximate surface area is 83.8 Å². The van der Waals surface area contributed by atoms with Crippen molar-refractivity contribution in [1.82, 2.24) is 15.5 Å². The van der Waals surface area contributed by atoms with Crippen molar-refractivity contribution in [2.45, 2.75) is 19.3 Å². The van der Waals surface area contributed by atoms with Crippen LogP contribution in [-0.4, -0.2) is 37.3 Å². The fourth-order valence-corrected chi connectivity index (χ4v) is 1.15. The van der Waals surface area contributed by atoms with Crippen LogP contribution >= 0.6 is 0 Å². The van der Waals surface area contributed by atoms with Gasteiger partial charge in [0.15, 0.2) is 6.29 Å². The van der Waals surface area contributed by atoms with E-state index < -0.39 is 0 Å². The van der Waals surface area contributed by atoms with Gasteiger partial charge in [-0.3, -0.25) is 5.10 Å². The van der Waals surface area contributed by atoms with Crippen molar-refractivity contribution >= 4 is 0 Å². The number of hydrogen-bond donors (Lipinski definition) is 2. The van der Waals surface area contributed by atoms with Crippen LogP contribution in [0.1, 0.15) is 18.7 Å². The summed E-state index contributed by atoms with van der Waals surface area (Å²) >= 11 is 0. The SMILES string of the molecule is COC(CNC(C)c1ccn[nH]1)OC. The lowest BCUT2D eigenvalue weighted by molar-refractivity contribution is -0.0997. The Morgan fingerprint density at radius 1 is 1.50 bits per heavy atom. The maximum atomic E-state index is 5.06. The van der Waals surface area contributed by atoms with E-state index in [-0.39, 0.29) is 12.3 Å². The van der Waals surface area contributed by atoms with Crippen molar-refractivity contribution < 1.29 is 9.47 Å². The highest BCUT2D eigenvalue weighted by Gasteiger charge is 2.09. The zero-order valence-corrected chi connectivity index (χ0v) is 8.78. The fourth-order valence-electron chi connectivity index (χ4n) is 1.15. The van der Waals surface area contributed by atoms with Crippen molar-refractivity contribution in [2.24, 2.45) is 0 Å². The molecule has 1 atom stereocenters. The molecule has 0 aliphatic carbocycles. The van der Waals surface area contributed by atoms with Crippen molar-refractivity contribution in [1.29, 1.82) is 0 Å². The van der Waals surface area contributed by atoms with E-state index in [9.17, 15) is 0 Å². The normalized spacial score (nSPS) is 13.4. The lowest BCUT2D eigenvalue weighted by atomic mass is 10.2. The number of hydrogen-bond acceptors (Lipinski definition) is 4. The van der Waals surface area contributed by atoms with E-state index in [2.05, 4.69) is 22.4 Å². The van der Waals surface area contributed by atoms with E-state index in [0.717, 1.165) is 5.69 Å². The van der Waals surface area contributed by atoms with Gasteiger partial charge in [0.05, 0.1) is 5.69 Å². The molecule has 0 bridgehead atoms. The van der Waals surface area contributed by atoms with Gasteiger partial charge in [-0.05, 0) is 13.0 Å². The summed E-state index contributed by atoms with van der Waals surface area (Å²) in [4.78, 5) is 0. The molecule has 0 amide bonds. The minimum Gasteiger partial charge on any atom is -0.355 e. The number of aromatic amines is 1. The molecule has 0 fully saturated rings. The molecule has 14 heavy (non-hydrogen) atoms. The molecule has 1 heterocycles. The third-order valence-corrected chi connectivity index (χ3v) is 2.11. The van der Waals surface area contributed by atoms with Crippen LogP contribution in [0.5, 0.6) is 0 Å². The number of aromatic nitrogens is 2. The van der Waals surface area contributed by atoms with Gasteiger partial charge >= 0.3 is 0 Å². The molecule has 0 aliphatic rings. The van der Waals surface area contributed by atoms with E-state index in [0.29, 0.717) is 6.54 Å². The zero-order chi connectivity index (χ0) is 10.4. The van der Waals surface area contributed by atoms with Gasteiger partial charge < -0.3 is 14.8 Å². The van der Waals surface area contributed by atoms with Crippen molar-refractivity contribution in [3.05, 3.63) is 18.0 Å². The van der Waals surface area contributed by atoms with Crippen LogP contribution in [0.2, 0.25) is 0 Å². The first-order valence-corrected chi connectivity index (χ1v) is 4.56. The van der Waals surface area contributed by atoms with Gasteiger partial charge in [-0.25, -0.2) is 0 Å². The molecule has 0 radical (unpaired) electrons. The van der Waals surface area contributed by atoms with Gasteiger partial charge in [-0.15, -0.1) is 0 Å². The second-order valence-electron chi connectivity index (χ2n) is 3.04. The molecule has 0 spiro atoms. The molecule has 5 heteroatoms. The summed E-state index contributed by atoms with van der Waals surface area (Å²) in [5, 5.41) is 10.1. The summed E-state index contributed by atoms with van der Waals surface area (Å²) in [6.45, 7) is 2.70. The predicted molar refractivity (Wildman–Crippen MR) is 52.8 cm³/mol. The highest BCUT2D eigenvalue weighted by Crippen LogP contribution is 2.07. The van der Waals surface area contributed by atoms with Crippen LogP contribution in [0.25, 0.3) is 0 Å². The Morgan fingerprint density at radius 3 is 2.71 bits per heavy atom. The summed E-state index contributed by atoms with van der Waals surface area (Å²) in [7, 11) is 3.24. The van der Waals surface area contributed by atoms with E-state index >= 15 is 0 Å². The van der Waals surface area contributed by atoms with Crippen LogP contribution in [0.3, 0.4) is 0 Å². The van der Waals surface area contributed by atoms with Crippen LogP contribution in [-0.2, 0) is 9.47 Å². The number of nitrogens with one attached hydrogen (secondary N) is 2. The first-order chi connectivity index (χ1) is 6.77. The summed E-state index contributed by atoms with van der Waals surface area (Å²) in [6, 6.07) is 2.15. The first-order valence-electron chi connectivity index (χ1n) is 4.56. The molecule has 0 aromatic carbocycles. The Morgan fingerprint density at radius 2 is 2.21 bits per heavy atom. The van der Waals surface area contributed by atoms with Gasteiger partial charge in [-0.2, -0.15) is 5.10 Å². The minimum atomic E-state index is -0.208. The quantitative estimate of drug-likeness (QED) is 0.661. The van der Waals surface area contributed by atoms with Crippen LogP contribution < -0.4 is 5.32 Å². The van der Waals surface area contributed by atoms with Crippen molar-refractivity contribution in [3.8, 4) is 0 Å². The van der Waals surface area contributed by atoms with Gasteiger partial charge in [-0.1, -0.05) is 0 Å². The Balaban J connectivity index is 2.31. The van der Waals surface area contributed by atoms with E-state index in [1.165, 1.54) is 0 Å². The van der Waals surface area contributed by atoms with Crippen molar-refractivity contribution in [3.63, 3.8) is 0 Å². The maximum Gasteiger partial charge on any atom is 0.169 e. The molecule has 1 aromatic rings. The third kappa shape index (κ3) is 3.10. The van der Waals surface area contributed by atoms with Gasteiger partial charge in [0.2, 0.25) is 0 Å². The molecule has 2 N–H and O–H groups in total. The molecule has 0 saturated heterocycles. The standard InChI is InChI=1S/C9H17N3O2/c1-7(8-4-5-11-12-8)10-6-9(13-2)14-3/h4-5,7,9-10H,6H2,1-3H3,(H,11,12). The number of nitrogens with zero attached hydrogens (tertiary/aromatic N) is 1. The summed E-state index contributed by atoms with van der Waals surface area (Å²) in [5.74, 6) is 0. The van der Waals surface area contributed by atoms with Crippen LogP contribution in [0.15, 0.2) is 12.3 Å². The van der Waals surface area contributed by atoms with Gasteiger partial charge in [0, 0.05) is 33.0 Å². The topological polar surface area (TPSA) is 59.2 Å². The highest BCUT2D eigenvalue weighted by atomic mass is 16.7. The van der Waals surface area contributed by atoms with Gasteiger partial charge in [0.25, 0.3) is 0 Å². The zero-order valence-electron chi connectivity index (χ0n) is 8.78. The smallest absolute Gasteiger partial charge is 0.169 e. The molecule has 1 aromatic heterocycles. The number of H-pyrrole nitrogens is 1. The number of ether oxygens (including phenoxy) is 2. The second-order valence-corrected chi connectivity index (χ2v) is 3.04. The Bertz CT molecular complexity index is 234. The highest BCUT2D eigenvalue weighted by molar-refractivity contribution is 5.02. The largest absolute Gasteiger partial charge is 0.355 e. The number of rotatable bonds is 6. The van der Waals surface area contributed by atoms with E-state index in [1.807, 2.05) is 6.07 Å². The Kier molecular flexibility index (Phi) is 4.58. The van der Waals surface area contributed by atoms with Gasteiger partial charge in [0.1, 0.15) is 0 Å². The lowest BCUT2D eigenvalue weighted by Gasteiger charge is -2.17. The molecular formula is C9H17N3O2. The third-order valence-electron chi connectivity index (χ3n) is 2.11. The average molecular weight is 199 g/mol. The minimum absolute atomic E-state index is 0.208. The average Bonchev–Trinajstić information content (AvgIpc) is 2.72. The molecule has 0 saturated carbocycles. The first kappa shape index (κ1) is 11.2. The monoisotopic (exact) mass is 199 g/mol. The molecular weight excluding hydrogens is 182 g/mol. The summed E-state index contributed by atoms with van der Waals surface area (Å²) in [6.07, 6.45) is 1.53. The second kappa shape index (κ2) is 5.74. The summed E-state index contributed by atoms with van der Waals surface area (Å²) < 4.78 is 10.1. The molecule has 1 unspecified atom stereocenters. The van der Waals surface area contributed by atoms with E-state index in [1.54, 1.807) is 20.4 Å². The molecule has 80 valence electrons. The predicted octanol–water partition coefficient (Wildman–Crippen LogP) is 0.679. The molecule has 5 nitrogen and oxygen atoms in total.